The van der Waals surface area contributed by atoms with Crippen molar-refractivity contribution in [1.29, 1.82) is 0 Å². The highest BCUT2D eigenvalue weighted by Gasteiger charge is 2.13. The maximum atomic E-state index is 12.4. The molecule has 0 N–H and O–H groups in total. The van der Waals surface area contributed by atoms with Crippen LogP contribution in [0.3, 0.4) is 0 Å². The molecule has 3 heteroatoms. The van der Waals surface area contributed by atoms with Gasteiger partial charge in [0.15, 0.2) is 5.78 Å². The van der Waals surface area contributed by atoms with Gasteiger partial charge >= 0.3 is 0 Å². The molecule has 0 aliphatic heterocycles. The minimum absolute atomic E-state index is 0.0450. The summed E-state index contributed by atoms with van der Waals surface area (Å²) in [4.78, 5) is 11.6. The van der Waals surface area contributed by atoms with Crippen LogP contribution in [0.25, 0.3) is 0 Å². The second kappa shape index (κ2) is 5.73. The Morgan fingerprint density at radius 1 is 1.12 bits per heavy atom. The number of benzene rings is 1. The van der Waals surface area contributed by atoms with Crippen LogP contribution in [0.2, 0.25) is 0 Å². The Morgan fingerprint density at radius 3 is 2.00 bits per heavy atom. The van der Waals surface area contributed by atoms with E-state index in [-0.39, 0.29) is 11.7 Å². The number of Topliss-reactive ketones (excluding diaryl/α,β-unsaturated/α-hetero) is 1. The molecule has 0 aliphatic carbocycles. The minimum atomic E-state index is -0.714. The van der Waals surface area contributed by atoms with Crippen LogP contribution in [0.4, 0.5) is 8.78 Å². The Kier molecular flexibility index (Phi) is 4.59. The molecule has 0 saturated carbocycles. The van der Waals surface area contributed by atoms with Crippen LogP contribution in [0.5, 0.6) is 0 Å². The molecule has 0 heterocycles. The van der Waals surface area contributed by atoms with Gasteiger partial charge in [-0.25, -0.2) is 0 Å². The van der Waals surface area contributed by atoms with Gasteiger partial charge < -0.3 is 0 Å². The van der Waals surface area contributed by atoms with Crippen molar-refractivity contribution in [2.24, 2.45) is 5.92 Å². The molecular formula is C13H16F2O. The van der Waals surface area contributed by atoms with Crippen LogP contribution >= 0.6 is 0 Å². The fraction of sp³-hybridized carbons (Fsp3) is 0.462. The third-order valence-corrected chi connectivity index (χ3v) is 2.56. The van der Waals surface area contributed by atoms with E-state index >= 15 is 0 Å². The van der Waals surface area contributed by atoms with Crippen molar-refractivity contribution in [1.82, 2.24) is 0 Å². The second-order valence-electron chi connectivity index (χ2n) is 4.15. The fourth-order valence-corrected chi connectivity index (χ4v) is 1.47. The third-order valence-electron chi connectivity index (χ3n) is 2.56. The number of rotatable bonds is 5. The van der Waals surface area contributed by atoms with E-state index < -0.39 is 19.3 Å². The zero-order chi connectivity index (χ0) is 12.1. The molecular weight excluding hydrogens is 210 g/mol. The van der Waals surface area contributed by atoms with Crippen LogP contribution in [0, 0.1) is 5.92 Å². The fourth-order valence-electron chi connectivity index (χ4n) is 1.47. The summed E-state index contributed by atoms with van der Waals surface area (Å²) in [6.07, 6.45) is 0. The highest BCUT2D eigenvalue weighted by Crippen LogP contribution is 2.19. The van der Waals surface area contributed by atoms with Gasteiger partial charge in [0.25, 0.3) is 0 Å². The van der Waals surface area contributed by atoms with Crippen LogP contribution in [-0.4, -0.2) is 19.1 Å². The maximum Gasteiger partial charge on any atom is 0.165 e. The smallest absolute Gasteiger partial charge is 0.165 e. The van der Waals surface area contributed by atoms with Crippen LogP contribution < -0.4 is 0 Å². The normalized spacial score (nSPS) is 11.1. The van der Waals surface area contributed by atoms with Crippen molar-refractivity contribution >= 4 is 5.78 Å². The average Bonchev–Trinajstić information content (AvgIpc) is 2.30. The van der Waals surface area contributed by atoms with E-state index in [4.69, 9.17) is 0 Å². The lowest BCUT2D eigenvalue weighted by Gasteiger charge is -2.10. The monoisotopic (exact) mass is 226 g/mol. The Morgan fingerprint density at radius 2 is 1.62 bits per heavy atom. The van der Waals surface area contributed by atoms with E-state index in [0.717, 1.165) is 0 Å². The molecule has 1 aromatic rings. The van der Waals surface area contributed by atoms with Crippen molar-refractivity contribution in [3.63, 3.8) is 0 Å². The lowest BCUT2D eigenvalue weighted by molar-refractivity contribution is 0.0939. The van der Waals surface area contributed by atoms with Gasteiger partial charge in [-0.3, -0.25) is 13.6 Å². The van der Waals surface area contributed by atoms with E-state index in [9.17, 15) is 13.6 Å². The largest absolute Gasteiger partial charge is 0.294 e. The van der Waals surface area contributed by atoms with Crippen molar-refractivity contribution in [3.05, 3.63) is 35.4 Å². The van der Waals surface area contributed by atoms with Crippen LogP contribution in [0.1, 0.15) is 35.7 Å². The summed E-state index contributed by atoms with van der Waals surface area (Å²) in [5.74, 6) is -0.726. The number of ketones is 1. The zero-order valence-electron chi connectivity index (χ0n) is 9.54. The molecule has 0 unspecified atom stereocenters. The topological polar surface area (TPSA) is 17.1 Å². The summed E-state index contributed by atoms with van der Waals surface area (Å²) in [6, 6.07) is 6.52. The standard InChI is InChI=1S/C13H16F2O/c1-9(2)13(16)11-5-3-10(4-6-11)12(7-14)8-15/h3-6,9,12H,7-8H2,1-2H3. The SMILES string of the molecule is CC(C)C(=O)c1ccc(C(CF)CF)cc1. The summed E-state index contributed by atoms with van der Waals surface area (Å²) in [5.41, 5.74) is 1.19. The first kappa shape index (κ1) is 12.8. The lowest BCUT2D eigenvalue weighted by atomic mass is 9.96. The van der Waals surface area contributed by atoms with Crippen molar-refractivity contribution < 1.29 is 13.6 Å². The minimum Gasteiger partial charge on any atom is -0.294 e. The average molecular weight is 226 g/mol. The predicted molar refractivity (Wildman–Crippen MR) is 60.3 cm³/mol. The molecule has 0 fully saturated rings. The molecule has 0 bridgehead atoms. The van der Waals surface area contributed by atoms with E-state index in [2.05, 4.69) is 0 Å². The molecule has 0 saturated heterocycles. The highest BCUT2D eigenvalue weighted by atomic mass is 19.1. The van der Waals surface area contributed by atoms with Crippen molar-refractivity contribution in [2.75, 3.05) is 13.3 Å². The summed E-state index contributed by atoms with van der Waals surface area (Å²) in [7, 11) is 0. The molecule has 0 spiro atoms. The summed E-state index contributed by atoms with van der Waals surface area (Å²) >= 11 is 0. The van der Waals surface area contributed by atoms with Crippen LogP contribution in [0.15, 0.2) is 24.3 Å². The summed E-state index contributed by atoms with van der Waals surface area (Å²) in [6.45, 7) is 2.21. The Balaban J connectivity index is 2.86. The number of halogens is 2. The van der Waals surface area contributed by atoms with Gasteiger partial charge in [0, 0.05) is 17.4 Å². The van der Waals surface area contributed by atoms with E-state index in [0.29, 0.717) is 11.1 Å². The third kappa shape index (κ3) is 2.87. The van der Waals surface area contributed by atoms with E-state index in [1.807, 2.05) is 13.8 Å². The Bertz CT molecular complexity index is 339. The molecule has 0 atom stereocenters. The van der Waals surface area contributed by atoms with Gasteiger partial charge in [-0.15, -0.1) is 0 Å². The summed E-state index contributed by atoms with van der Waals surface area (Å²) in [5, 5.41) is 0. The summed E-state index contributed by atoms with van der Waals surface area (Å²) < 4.78 is 24.8. The van der Waals surface area contributed by atoms with Gasteiger partial charge in [-0.1, -0.05) is 38.1 Å². The van der Waals surface area contributed by atoms with Gasteiger partial charge in [-0.2, -0.15) is 0 Å². The van der Waals surface area contributed by atoms with E-state index in [1.165, 1.54) is 0 Å². The molecule has 0 radical (unpaired) electrons. The predicted octanol–water partition coefficient (Wildman–Crippen LogP) is 3.55. The van der Waals surface area contributed by atoms with Gasteiger partial charge in [0.05, 0.1) is 13.3 Å². The number of carbonyl (C=O) groups is 1. The first-order valence-electron chi connectivity index (χ1n) is 5.36. The molecule has 1 rings (SSSR count). The first-order valence-corrected chi connectivity index (χ1v) is 5.36. The highest BCUT2D eigenvalue weighted by molar-refractivity contribution is 5.97. The molecule has 0 aromatic heterocycles. The number of alkyl halides is 2. The second-order valence-corrected chi connectivity index (χ2v) is 4.15. The van der Waals surface area contributed by atoms with Gasteiger partial charge in [0.1, 0.15) is 0 Å². The lowest BCUT2D eigenvalue weighted by Crippen LogP contribution is -2.08. The Labute approximate surface area is 94.5 Å². The zero-order valence-corrected chi connectivity index (χ0v) is 9.54. The molecule has 88 valence electrons. The molecule has 1 nitrogen and oxygen atoms in total. The molecule has 1 aromatic carbocycles. The Hall–Kier alpha value is -1.25. The maximum absolute atomic E-state index is 12.4. The number of carbonyl (C=O) groups excluding carboxylic acids is 1. The molecule has 0 aliphatic rings. The van der Waals surface area contributed by atoms with Crippen molar-refractivity contribution in [2.45, 2.75) is 19.8 Å². The molecule has 16 heavy (non-hydrogen) atoms. The van der Waals surface area contributed by atoms with Crippen LogP contribution in [-0.2, 0) is 0 Å². The van der Waals surface area contributed by atoms with Gasteiger partial charge in [-0.05, 0) is 5.56 Å². The molecule has 0 amide bonds. The van der Waals surface area contributed by atoms with Crippen molar-refractivity contribution in [3.8, 4) is 0 Å². The number of hydrogen-bond donors (Lipinski definition) is 0. The van der Waals surface area contributed by atoms with E-state index in [1.54, 1.807) is 24.3 Å². The number of hydrogen-bond acceptors (Lipinski definition) is 1. The quantitative estimate of drug-likeness (QED) is 0.702. The van der Waals surface area contributed by atoms with Gasteiger partial charge in [0.2, 0.25) is 0 Å². The first-order chi connectivity index (χ1) is 7.60.